The summed E-state index contributed by atoms with van der Waals surface area (Å²) in [7, 11) is -8.37. The van der Waals surface area contributed by atoms with Gasteiger partial charge in [-0.1, -0.05) is 0 Å². The fraction of sp³-hybridized carbons (Fsp3) is 1.00. The molecule has 0 heterocycles. The van der Waals surface area contributed by atoms with Gasteiger partial charge in [0.25, 0.3) is 6.17 Å². The average molecular weight is 670 g/mol. The van der Waals surface area contributed by atoms with Crippen LogP contribution in [-0.4, -0.2) is 78.0 Å². The van der Waals surface area contributed by atoms with Crippen LogP contribution in [0.4, 0.5) is 96.6 Å². The van der Waals surface area contributed by atoms with Gasteiger partial charge >= 0.3 is 110 Å². The maximum Gasteiger partial charge on any atom is 1.00 e. The Bertz CT molecular complexity index is 968. The number of hydrogen-bond acceptors (Lipinski definition) is 3. The molecule has 0 radical (unpaired) electrons. The third kappa shape index (κ3) is 5.10. The van der Waals surface area contributed by atoms with Crippen molar-refractivity contribution >= 4 is 10.1 Å². The summed E-state index contributed by atoms with van der Waals surface area (Å²) < 4.78 is 315. The molecule has 3 nitrogen and oxygen atoms in total. The van der Waals surface area contributed by atoms with Gasteiger partial charge in [-0.2, -0.15) is 92.2 Å². The first-order valence-electron chi connectivity index (χ1n) is 7.47. The van der Waals surface area contributed by atoms with Gasteiger partial charge in [-0.3, -0.25) is 0 Å². The second-order valence-corrected chi connectivity index (χ2v) is 7.94. The van der Waals surface area contributed by atoms with Crippen LogP contribution in [0.3, 0.4) is 0 Å². The molecule has 224 valence electrons. The molecule has 1 atom stereocenters. The Hall–Kier alpha value is 0.00636. The van der Waals surface area contributed by atoms with Gasteiger partial charge in [0.1, 0.15) is 0 Å². The average Bonchev–Trinajstić information content (AvgIpc) is 2.64. The molecule has 0 aromatic heterocycles. The molecule has 0 rings (SSSR count). The van der Waals surface area contributed by atoms with Crippen molar-refractivity contribution < 1.29 is 161 Å². The molecular weight excluding hydrogens is 669 g/mol. The number of hydrogen-bond donors (Lipinski definition) is 0. The Balaban J connectivity index is 0. The molecule has 0 fully saturated rings. The van der Waals surface area contributed by atoms with Crippen molar-refractivity contribution in [1.82, 2.24) is 0 Å². The molecule has 0 aliphatic heterocycles. The summed E-state index contributed by atoms with van der Waals surface area (Å²) in [5, 5.41) is -8.20. The van der Waals surface area contributed by atoms with Gasteiger partial charge in [-0.25, -0.2) is 12.8 Å². The van der Waals surface area contributed by atoms with Gasteiger partial charge in [0.15, 0.2) is 10.1 Å². The standard InChI is InChI=1S/C11H2F22O3S.K/c12-1(3(15,16)17)2(13,14)4(18,19)5(20,21)6(22,23)7(24,25)8(26,27)9(28,29)10(30,31)11(32,33)37(34,35)36;/h1H,(H,34,35,36);/q;+1/p-1. The molecule has 0 aromatic rings. The van der Waals surface area contributed by atoms with Crippen molar-refractivity contribution in [2.24, 2.45) is 0 Å². The zero-order valence-electron chi connectivity index (χ0n) is 16.5. The van der Waals surface area contributed by atoms with Crippen LogP contribution >= 0.6 is 0 Å². The number of halogens is 22. The van der Waals surface area contributed by atoms with E-state index in [-0.39, 0.29) is 51.4 Å². The molecule has 0 saturated heterocycles. The first kappa shape index (κ1) is 40.1. The Morgan fingerprint density at radius 2 is 0.658 bits per heavy atom. The van der Waals surface area contributed by atoms with E-state index in [0.29, 0.717) is 0 Å². The minimum absolute atomic E-state index is 0. The summed E-state index contributed by atoms with van der Waals surface area (Å²) in [5.41, 5.74) is 0. The molecule has 0 bridgehead atoms. The SMILES string of the molecule is O=S(=O)([O-])C(F)(F)C(F)(F)C(F)(F)C(F)(F)C(F)(F)C(F)(F)C(F)(F)C(F)(F)C(F)(F)C(F)C(F)(F)F.[K+]. The van der Waals surface area contributed by atoms with E-state index in [4.69, 9.17) is 0 Å². The van der Waals surface area contributed by atoms with Crippen LogP contribution in [0.2, 0.25) is 0 Å². The molecule has 0 aliphatic carbocycles. The van der Waals surface area contributed by atoms with Crippen molar-refractivity contribution in [3.63, 3.8) is 0 Å². The second kappa shape index (κ2) is 10.1. The van der Waals surface area contributed by atoms with Crippen LogP contribution in [0.1, 0.15) is 0 Å². The molecule has 0 aromatic carbocycles. The van der Waals surface area contributed by atoms with Gasteiger partial charge in [0.2, 0.25) is 0 Å². The molecule has 0 spiro atoms. The van der Waals surface area contributed by atoms with Crippen LogP contribution in [0.5, 0.6) is 0 Å². The van der Waals surface area contributed by atoms with E-state index in [1.54, 1.807) is 0 Å². The van der Waals surface area contributed by atoms with Gasteiger partial charge in [0, 0.05) is 0 Å². The second-order valence-electron chi connectivity index (χ2n) is 6.52. The Morgan fingerprint density at radius 1 is 0.447 bits per heavy atom. The van der Waals surface area contributed by atoms with Gasteiger partial charge in [-0.15, -0.1) is 0 Å². The van der Waals surface area contributed by atoms with Crippen LogP contribution in [0.15, 0.2) is 0 Å². The quantitative estimate of drug-likeness (QED) is 0.204. The van der Waals surface area contributed by atoms with Gasteiger partial charge in [-0.05, 0) is 0 Å². The summed E-state index contributed by atoms with van der Waals surface area (Å²) in [6.45, 7) is 0. The fourth-order valence-corrected chi connectivity index (χ4v) is 2.34. The third-order valence-corrected chi connectivity index (χ3v) is 4.95. The van der Waals surface area contributed by atoms with Gasteiger partial charge < -0.3 is 4.55 Å². The monoisotopic (exact) mass is 670 g/mol. The van der Waals surface area contributed by atoms with E-state index in [1.807, 2.05) is 0 Å². The summed E-state index contributed by atoms with van der Waals surface area (Å²) in [6.07, 6.45) is -14.1. The normalized spacial score (nSPS) is 17.2. The van der Waals surface area contributed by atoms with E-state index in [0.717, 1.165) is 0 Å². The number of alkyl halides is 22. The smallest absolute Gasteiger partial charge is 0.743 e. The molecule has 0 amide bonds. The summed E-state index contributed by atoms with van der Waals surface area (Å²) in [5.74, 6) is -72.8. The topological polar surface area (TPSA) is 57.2 Å². The van der Waals surface area contributed by atoms with E-state index in [9.17, 15) is 110 Å². The minimum atomic E-state index is -9.44. The fourth-order valence-electron chi connectivity index (χ4n) is 1.90. The third-order valence-electron chi connectivity index (χ3n) is 4.07. The van der Waals surface area contributed by atoms with Crippen molar-refractivity contribution in [2.45, 2.75) is 65.0 Å². The minimum Gasteiger partial charge on any atom is -0.743 e. The zero-order valence-corrected chi connectivity index (χ0v) is 20.5. The largest absolute Gasteiger partial charge is 1.00 e. The van der Waals surface area contributed by atoms with Crippen molar-refractivity contribution in [1.29, 1.82) is 0 Å². The summed E-state index contributed by atoms with van der Waals surface area (Å²) in [4.78, 5) is 0. The maximum atomic E-state index is 13.4. The Kier molecular flexibility index (Phi) is 10.6. The predicted molar refractivity (Wildman–Crippen MR) is 65.2 cm³/mol. The van der Waals surface area contributed by atoms with E-state index < -0.39 is 75.1 Å². The zero-order chi connectivity index (χ0) is 31.1. The molecule has 0 saturated carbocycles. The van der Waals surface area contributed by atoms with Crippen molar-refractivity contribution in [2.75, 3.05) is 0 Å². The molecule has 0 aliphatic rings. The van der Waals surface area contributed by atoms with Crippen LogP contribution in [0.25, 0.3) is 0 Å². The van der Waals surface area contributed by atoms with Crippen LogP contribution in [-0.2, 0) is 10.1 Å². The van der Waals surface area contributed by atoms with E-state index in [2.05, 4.69) is 0 Å². The first-order chi connectivity index (χ1) is 15.4. The Morgan fingerprint density at radius 3 is 0.868 bits per heavy atom. The molecular formula is C11HF22KO3S. The maximum absolute atomic E-state index is 13.4. The van der Waals surface area contributed by atoms with E-state index in [1.165, 1.54) is 0 Å². The molecule has 38 heavy (non-hydrogen) atoms. The predicted octanol–water partition coefficient (Wildman–Crippen LogP) is 3.11. The molecule has 27 heteroatoms. The van der Waals surface area contributed by atoms with Crippen LogP contribution in [0, 0.1) is 0 Å². The summed E-state index contributed by atoms with van der Waals surface area (Å²) in [6, 6.07) is 0. The van der Waals surface area contributed by atoms with Crippen LogP contribution < -0.4 is 51.4 Å². The van der Waals surface area contributed by atoms with E-state index >= 15 is 0 Å². The van der Waals surface area contributed by atoms with Crippen molar-refractivity contribution in [3.05, 3.63) is 0 Å². The first-order valence-corrected chi connectivity index (χ1v) is 8.88. The van der Waals surface area contributed by atoms with Crippen molar-refractivity contribution in [3.8, 4) is 0 Å². The Labute approximate surface area is 235 Å². The summed E-state index contributed by atoms with van der Waals surface area (Å²) >= 11 is 0. The number of rotatable bonds is 10. The molecule has 0 N–H and O–H groups in total. The molecule has 1 unspecified atom stereocenters. The van der Waals surface area contributed by atoms with Gasteiger partial charge in [0.05, 0.1) is 0 Å².